The molecule has 27 heavy (non-hydrogen) atoms. The summed E-state index contributed by atoms with van der Waals surface area (Å²) in [6, 6.07) is 20.5. The SMILES string of the molecule is O=C(NC1CCC(Nc2ccc3ccccc3n2)CC1)c1cccc(Br)c1. The fourth-order valence-corrected chi connectivity index (χ4v) is 4.04. The van der Waals surface area contributed by atoms with Crippen molar-refractivity contribution in [2.75, 3.05) is 5.32 Å². The quantitative estimate of drug-likeness (QED) is 0.609. The molecular formula is C22H22BrN3O. The van der Waals surface area contributed by atoms with Crippen LogP contribution in [0.15, 0.2) is 65.1 Å². The number of hydrogen-bond donors (Lipinski definition) is 2. The van der Waals surface area contributed by atoms with Gasteiger partial charge in [-0.15, -0.1) is 0 Å². The summed E-state index contributed by atoms with van der Waals surface area (Å²) in [6.07, 6.45) is 4.01. The van der Waals surface area contributed by atoms with Gasteiger partial charge in [-0.25, -0.2) is 4.98 Å². The predicted octanol–water partition coefficient (Wildman–Crippen LogP) is 5.15. The number of benzene rings is 2. The Hall–Kier alpha value is -2.40. The highest BCUT2D eigenvalue weighted by Crippen LogP contribution is 2.23. The molecule has 1 saturated carbocycles. The van der Waals surface area contributed by atoms with Crippen LogP contribution in [0.2, 0.25) is 0 Å². The third-order valence-corrected chi connectivity index (χ3v) is 5.59. The Morgan fingerprint density at radius 2 is 1.70 bits per heavy atom. The molecular weight excluding hydrogens is 402 g/mol. The van der Waals surface area contributed by atoms with E-state index < -0.39 is 0 Å². The monoisotopic (exact) mass is 423 g/mol. The maximum atomic E-state index is 12.4. The zero-order valence-corrected chi connectivity index (χ0v) is 16.6. The molecule has 138 valence electrons. The van der Waals surface area contributed by atoms with Gasteiger partial charge in [-0.2, -0.15) is 0 Å². The van der Waals surface area contributed by atoms with Gasteiger partial charge in [0.2, 0.25) is 0 Å². The predicted molar refractivity (Wildman–Crippen MR) is 113 cm³/mol. The standard InChI is InChI=1S/C22H22BrN3O/c23-17-6-3-5-16(14-17)22(27)25-19-11-9-18(10-12-19)24-21-13-8-15-4-1-2-7-20(15)26-21/h1-8,13-14,18-19H,9-12H2,(H,24,26)(H,25,27). The van der Waals surface area contributed by atoms with Crippen molar-refractivity contribution in [3.63, 3.8) is 0 Å². The first-order valence-corrected chi connectivity index (χ1v) is 10.2. The first-order valence-electron chi connectivity index (χ1n) is 9.36. The van der Waals surface area contributed by atoms with E-state index in [1.807, 2.05) is 48.5 Å². The van der Waals surface area contributed by atoms with E-state index in [1.165, 1.54) is 0 Å². The molecule has 0 atom stereocenters. The lowest BCUT2D eigenvalue weighted by molar-refractivity contribution is 0.0926. The van der Waals surface area contributed by atoms with Gasteiger partial charge in [0.05, 0.1) is 5.52 Å². The lowest BCUT2D eigenvalue weighted by Gasteiger charge is -2.30. The third-order valence-electron chi connectivity index (χ3n) is 5.10. The first-order chi connectivity index (χ1) is 13.2. The minimum atomic E-state index is 0.00362. The highest BCUT2D eigenvalue weighted by Gasteiger charge is 2.23. The average Bonchev–Trinajstić information content (AvgIpc) is 2.69. The van der Waals surface area contributed by atoms with Crippen LogP contribution in [0.5, 0.6) is 0 Å². The molecule has 1 aromatic heterocycles. The molecule has 4 rings (SSSR count). The van der Waals surface area contributed by atoms with Crippen molar-refractivity contribution in [1.82, 2.24) is 10.3 Å². The van der Waals surface area contributed by atoms with Crippen LogP contribution >= 0.6 is 15.9 Å². The second kappa shape index (κ2) is 8.09. The van der Waals surface area contributed by atoms with Gasteiger partial charge in [0.25, 0.3) is 5.91 Å². The molecule has 1 aliphatic carbocycles. The number of nitrogens with one attached hydrogen (secondary N) is 2. The van der Waals surface area contributed by atoms with Crippen LogP contribution in [-0.2, 0) is 0 Å². The van der Waals surface area contributed by atoms with Gasteiger partial charge >= 0.3 is 0 Å². The lowest BCUT2D eigenvalue weighted by atomic mass is 9.91. The van der Waals surface area contributed by atoms with E-state index in [0.717, 1.165) is 46.9 Å². The molecule has 2 N–H and O–H groups in total. The van der Waals surface area contributed by atoms with Crippen molar-refractivity contribution in [2.45, 2.75) is 37.8 Å². The Morgan fingerprint density at radius 3 is 2.52 bits per heavy atom. The first kappa shape index (κ1) is 18.0. The number of pyridine rings is 1. The van der Waals surface area contributed by atoms with E-state index in [9.17, 15) is 4.79 Å². The van der Waals surface area contributed by atoms with Crippen molar-refractivity contribution < 1.29 is 4.79 Å². The summed E-state index contributed by atoms with van der Waals surface area (Å²) in [5, 5.41) is 7.88. The summed E-state index contributed by atoms with van der Waals surface area (Å²) in [7, 11) is 0. The summed E-state index contributed by atoms with van der Waals surface area (Å²) < 4.78 is 0.922. The molecule has 1 heterocycles. The molecule has 0 saturated heterocycles. The molecule has 0 aliphatic heterocycles. The number of para-hydroxylation sites is 1. The number of anilines is 1. The molecule has 1 amide bonds. The van der Waals surface area contributed by atoms with Gasteiger partial charge in [-0.1, -0.05) is 40.2 Å². The number of carbonyl (C=O) groups excluding carboxylic acids is 1. The van der Waals surface area contributed by atoms with Gasteiger partial charge in [-0.3, -0.25) is 4.79 Å². The number of nitrogens with zero attached hydrogens (tertiary/aromatic N) is 1. The van der Waals surface area contributed by atoms with Crippen LogP contribution in [0, 0.1) is 0 Å². The van der Waals surface area contributed by atoms with Gasteiger partial charge in [-0.05, 0) is 62.1 Å². The van der Waals surface area contributed by atoms with Crippen LogP contribution < -0.4 is 10.6 Å². The molecule has 0 unspecified atom stereocenters. The molecule has 2 aromatic carbocycles. The minimum absolute atomic E-state index is 0.00362. The summed E-state index contributed by atoms with van der Waals surface area (Å²) in [6.45, 7) is 0. The molecule has 1 aliphatic rings. The Balaban J connectivity index is 1.31. The van der Waals surface area contributed by atoms with E-state index in [4.69, 9.17) is 4.98 Å². The van der Waals surface area contributed by atoms with E-state index in [0.29, 0.717) is 11.6 Å². The normalized spacial score (nSPS) is 19.6. The lowest BCUT2D eigenvalue weighted by Crippen LogP contribution is -2.40. The average molecular weight is 424 g/mol. The molecule has 0 bridgehead atoms. The number of amides is 1. The Labute approximate surface area is 167 Å². The summed E-state index contributed by atoms with van der Waals surface area (Å²) in [4.78, 5) is 17.1. The fourth-order valence-electron chi connectivity index (χ4n) is 3.64. The van der Waals surface area contributed by atoms with Crippen LogP contribution in [0.1, 0.15) is 36.0 Å². The van der Waals surface area contributed by atoms with E-state index in [2.05, 4.69) is 38.7 Å². The maximum absolute atomic E-state index is 12.4. The Morgan fingerprint density at radius 1 is 0.926 bits per heavy atom. The zero-order valence-electron chi connectivity index (χ0n) is 15.0. The second-order valence-electron chi connectivity index (χ2n) is 7.07. The molecule has 5 heteroatoms. The van der Waals surface area contributed by atoms with E-state index in [-0.39, 0.29) is 11.9 Å². The molecule has 3 aromatic rings. The van der Waals surface area contributed by atoms with Crippen molar-refractivity contribution in [1.29, 1.82) is 0 Å². The van der Waals surface area contributed by atoms with Crippen LogP contribution in [-0.4, -0.2) is 23.0 Å². The Kier molecular flexibility index (Phi) is 5.39. The second-order valence-corrected chi connectivity index (χ2v) is 7.98. The number of carbonyl (C=O) groups is 1. The van der Waals surface area contributed by atoms with Gasteiger partial charge in [0, 0.05) is 27.5 Å². The minimum Gasteiger partial charge on any atom is -0.367 e. The van der Waals surface area contributed by atoms with Gasteiger partial charge in [0.15, 0.2) is 0 Å². The van der Waals surface area contributed by atoms with Crippen LogP contribution in [0.25, 0.3) is 10.9 Å². The van der Waals surface area contributed by atoms with Crippen LogP contribution in [0.3, 0.4) is 0 Å². The summed E-state index contributed by atoms with van der Waals surface area (Å²) in [5.41, 5.74) is 1.71. The van der Waals surface area contributed by atoms with Crippen LogP contribution in [0.4, 0.5) is 5.82 Å². The molecule has 0 spiro atoms. The summed E-state index contributed by atoms with van der Waals surface area (Å²) >= 11 is 3.42. The molecule has 1 fully saturated rings. The van der Waals surface area contributed by atoms with Gasteiger partial charge in [0.1, 0.15) is 5.82 Å². The highest BCUT2D eigenvalue weighted by atomic mass is 79.9. The van der Waals surface area contributed by atoms with Crippen molar-refractivity contribution in [3.8, 4) is 0 Å². The van der Waals surface area contributed by atoms with E-state index in [1.54, 1.807) is 0 Å². The zero-order chi connectivity index (χ0) is 18.6. The molecule has 4 nitrogen and oxygen atoms in total. The van der Waals surface area contributed by atoms with Gasteiger partial charge < -0.3 is 10.6 Å². The van der Waals surface area contributed by atoms with E-state index >= 15 is 0 Å². The number of hydrogen-bond acceptors (Lipinski definition) is 3. The topological polar surface area (TPSA) is 54.0 Å². The maximum Gasteiger partial charge on any atom is 0.251 e. The number of rotatable bonds is 4. The van der Waals surface area contributed by atoms with Crippen molar-refractivity contribution in [3.05, 3.63) is 70.7 Å². The molecule has 0 radical (unpaired) electrons. The number of fused-ring (bicyclic) bond motifs is 1. The third kappa shape index (κ3) is 4.48. The fraction of sp³-hybridized carbons (Fsp3) is 0.273. The number of halogens is 1. The summed E-state index contributed by atoms with van der Waals surface area (Å²) in [5.74, 6) is 0.930. The van der Waals surface area contributed by atoms with Crippen molar-refractivity contribution >= 4 is 38.6 Å². The highest BCUT2D eigenvalue weighted by molar-refractivity contribution is 9.10. The largest absolute Gasteiger partial charge is 0.367 e. The van der Waals surface area contributed by atoms with Crippen molar-refractivity contribution in [2.24, 2.45) is 0 Å². The smallest absolute Gasteiger partial charge is 0.251 e. The Bertz CT molecular complexity index is 951. The number of aromatic nitrogens is 1.